The summed E-state index contributed by atoms with van der Waals surface area (Å²) in [7, 11) is 1.38. The number of rotatable bonds is 7. The summed E-state index contributed by atoms with van der Waals surface area (Å²) < 4.78 is 18.0. The number of carbonyl (C=O) groups is 2. The number of hydrogen-bond donors (Lipinski definition) is 1. The third kappa shape index (κ3) is 5.93. The van der Waals surface area contributed by atoms with Crippen molar-refractivity contribution in [2.75, 3.05) is 25.5 Å². The van der Waals surface area contributed by atoms with Gasteiger partial charge in [0.25, 0.3) is 5.91 Å². The molecule has 8 nitrogen and oxygen atoms in total. The minimum atomic E-state index is -0.675. The average molecular weight is 396 g/mol. The lowest BCUT2D eigenvalue weighted by molar-refractivity contribution is -0.385. The first-order valence-corrected chi connectivity index (χ1v) is 8.00. The van der Waals surface area contributed by atoms with E-state index in [0.717, 1.165) is 11.0 Å². The fourth-order valence-corrected chi connectivity index (χ4v) is 2.21. The lowest BCUT2D eigenvalue weighted by atomic mass is 10.3. The molecule has 0 atom stereocenters. The Morgan fingerprint density at radius 1 is 1.26 bits per heavy atom. The number of carbonyl (C=O) groups excluding carboxylic acids is 2. The second kappa shape index (κ2) is 8.95. The first-order chi connectivity index (χ1) is 12.8. The Bertz CT molecular complexity index is 860. The van der Waals surface area contributed by atoms with Gasteiger partial charge in [0, 0.05) is 23.8 Å². The van der Waals surface area contributed by atoms with Crippen LogP contribution < -0.4 is 10.1 Å². The summed E-state index contributed by atoms with van der Waals surface area (Å²) in [5, 5.41) is 13.7. The first-order valence-electron chi connectivity index (χ1n) is 7.62. The number of anilines is 1. The van der Waals surface area contributed by atoms with Gasteiger partial charge < -0.3 is 15.0 Å². The predicted octanol–water partition coefficient (Wildman–Crippen LogP) is 2.86. The molecule has 27 heavy (non-hydrogen) atoms. The van der Waals surface area contributed by atoms with Crippen LogP contribution >= 0.6 is 11.6 Å². The summed E-state index contributed by atoms with van der Waals surface area (Å²) >= 11 is 5.71. The number of halogens is 2. The number of hydrogen-bond acceptors (Lipinski definition) is 5. The van der Waals surface area contributed by atoms with Gasteiger partial charge in [0.15, 0.2) is 12.4 Å². The van der Waals surface area contributed by atoms with Gasteiger partial charge in [-0.2, -0.15) is 0 Å². The molecular weight excluding hydrogens is 381 g/mol. The minimum absolute atomic E-state index is 0.109. The molecule has 0 radical (unpaired) electrons. The molecule has 0 saturated carbocycles. The molecule has 142 valence electrons. The molecule has 0 saturated heterocycles. The third-order valence-corrected chi connectivity index (χ3v) is 3.64. The van der Waals surface area contributed by atoms with Crippen LogP contribution in [0.2, 0.25) is 5.02 Å². The van der Waals surface area contributed by atoms with Crippen molar-refractivity contribution in [3.63, 3.8) is 0 Å². The number of nitrogens with zero attached hydrogens (tertiary/aromatic N) is 2. The number of nitrogens with one attached hydrogen (secondary N) is 1. The Hall–Kier alpha value is -3.20. The van der Waals surface area contributed by atoms with Crippen LogP contribution in [0.1, 0.15) is 0 Å². The predicted molar refractivity (Wildman–Crippen MR) is 96.3 cm³/mol. The van der Waals surface area contributed by atoms with E-state index in [2.05, 4.69) is 5.32 Å². The highest BCUT2D eigenvalue weighted by molar-refractivity contribution is 6.30. The molecule has 0 aliphatic rings. The average Bonchev–Trinajstić information content (AvgIpc) is 2.62. The minimum Gasteiger partial charge on any atom is -0.477 e. The number of nitro groups is 1. The highest BCUT2D eigenvalue weighted by Gasteiger charge is 2.19. The van der Waals surface area contributed by atoms with Gasteiger partial charge in [-0.25, -0.2) is 4.39 Å². The molecule has 0 spiro atoms. The molecule has 0 aromatic heterocycles. The number of ether oxygens (including phenoxy) is 1. The molecule has 2 rings (SSSR count). The zero-order chi connectivity index (χ0) is 20.0. The van der Waals surface area contributed by atoms with E-state index >= 15 is 0 Å². The Labute approximate surface area is 158 Å². The summed E-state index contributed by atoms with van der Waals surface area (Å²) in [5.41, 5.74) is 0.0160. The number of nitro benzene ring substituents is 1. The summed E-state index contributed by atoms with van der Waals surface area (Å²) in [6.07, 6.45) is 0. The zero-order valence-corrected chi connectivity index (χ0v) is 14.9. The van der Waals surface area contributed by atoms with Gasteiger partial charge >= 0.3 is 5.69 Å². The molecule has 2 aromatic carbocycles. The smallest absolute Gasteiger partial charge is 0.312 e. The summed E-state index contributed by atoms with van der Waals surface area (Å²) in [5.74, 6) is -1.60. The van der Waals surface area contributed by atoms with Crippen LogP contribution in [0.15, 0.2) is 42.5 Å². The fraction of sp³-hybridized carbons (Fsp3) is 0.176. The maximum absolute atomic E-state index is 12.8. The second-order valence-corrected chi connectivity index (χ2v) is 5.90. The van der Waals surface area contributed by atoms with Crippen LogP contribution in [0, 0.1) is 15.9 Å². The Morgan fingerprint density at radius 2 is 1.93 bits per heavy atom. The van der Waals surface area contributed by atoms with Gasteiger partial charge in [0.2, 0.25) is 5.91 Å². The molecule has 0 aliphatic heterocycles. The van der Waals surface area contributed by atoms with Gasteiger partial charge in [0.1, 0.15) is 5.82 Å². The van der Waals surface area contributed by atoms with Crippen molar-refractivity contribution in [2.24, 2.45) is 0 Å². The van der Waals surface area contributed by atoms with Crippen molar-refractivity contribution in [1.29, 1.82) is 0 Å². The molecule has 0 fully saturated rings. The van der Waals surface area contributed by atoms with E-state index in [0.29, 0.717) is 5.69 Å². The van der Waals surface area contributed by atoms with E-state index in [4.69, 9.17) is 16.3 Å². The first kappa shape index (κ1) is 20.1. The quantitative estimate of drug-likeness (QED) is 0.573. The van der Waals surface area contributed by atoms with E-state index in [-0.39, 0.29) is 23.0 Å². The van der Waals surface area contributed by atoms with E-state index in [1.807, 2.05) is 0 Å². The van der Waals surface area contributed by atoms with Gasteiger partial charge in [0.05, 0.1) is 11.5 Å². The van der Waals surface area contributed by atoms with Crippen LogP contribution in [0.25, 0.3) is 0 Å². The van der Waals surface area contributed by atoms with E-state index in [9.17, 15) is 24.1 Å². The molecular formula is C17H15ClFN3O5. The van der Waals surface area contributed by atoms with E-state index in [1.54, 1.807) is 0 Å². The summed E-state index contributed by atoms with van der Waals surface area (Å²) in [6.45, 7) is -0.773. The molecule has 2 aromatic rings. The normalized spacial score (nSPS) is 10.2. The Morgan fingerprint density at radius 3 is 2.56 bits per heavy atom. The van der Waals surface area contributed by atoms with Crippen LogP contribution in [-0.2, 0) is 9.59 Å². The molecule has 0 aliphatic carbocycles. The molecule has 0 unspecified atom stereocenters. The van der Waals surface area contributed by atoms with Crippen molar-refractivity contribution in [3.05, 3.63) is 63.4 Å². The maximum Gasteiger partial charge on any atom is 0.312 e. The van der Waals surface area contributed by atoms with Crippen molar-refractivity contribution >= 4 is 34.8 Å². The van der Waals surface area contributed by atoms with E-state index in [1.165, 1.54) is 43.4 Å². The highest BCUT2D eigenvalue weighted by atomic mass is 35.5. The van der Waals surface area contributed by atoms with Crippen LogP contribution in [-0.4, -0.2) is 41.8 Å². The lowest BCUT2D eigenvalue weighted by Crippen LogP contribution is -2.37. The monoisotopic (exact) mass is 395 g/mol. The summed E-state index contributed by atoms with van der Waals surface area (Å²) in [6, 6.07) is 8.95. The zero-order valence-electron chi connectivity index (χ0n) is 14.1. The van der Waals surface area contributed by atoms with E-state index < -0.39 is 29.2 Å². The topological polar surface area (TPSA) is 102 Å². The molecule has 0 heterocycles. The van der Waals surface area contributed by atoms with Crippen molar-refractivity contribution < 1.29 is 23.6 Å². The van der Waals surface area contributed by atoms with Crippen molar-refractivity contribution in [1.82, 2.24) is 4.90 Å². The van der Waals surface area contributed by atoms with Crippen LogP contribution in [0.3, 0.4) is 0 Å². The second-order valence-electron chi connectivity index (χ2n) is 5.46. The van der Waals surface area contributed by atoms with Crippen molar-refractivity contribution in [3.8, 4) is 5.75 Å². The largest absolute Gasteiger partial charge is 0.477 e. The lowest BCUT2D eigenvalue weighted by Gasteiger charge is -2.17. The van der Waals surface area contributed by atoms with Gasteiger partial charge in [-0.05, 0) is 36.4 Å². The standard InChI is InChI=1S/C17H15ClFN3O5/c1-21(9-16(23)20-13-5-3-12(19)4-6-13)17(24)10-27-15-7-2-11(18)8-14(15)22(25)26/h2-8H,9-10H2,1H3,(H,20,23). The van der Waals surface area contributed by atoms with Gasteiger partial charge in [-0.3, -0.25) is 19.7 Å². The third-order valence-electron chi connectivity index (χ3n) is 3.40. The molecule has 0 bridgehead atoms. The number of amides is 2. The SMILES string of the molecule is CN(CC(=O)Nc1ccc(F)cc1)C(=O)COc1ccc(Cl)cc1[N+](=O)[O-]. The maximum atomic E-state index is 12.8. The van der Waals surface area contributed by atoms with Crippen LogP contribution in [0.4, 0.5) is 15.8 Å². The molecule has 2 amide bonds. The number of benzene rings is 2. The Balaban J connectivity index is 1.89. The molecule has 1 N–H and O–H groups in total. The Kier molecular flexibility index (Phi) is 6.67. The summed E-state index contributed by atoms with van der Waals surface area (Å²) in [4.78, 5) is 35.4. The van der Waals surface area contributed by atoms with Crippen molar-refractivity contribution in [2.45, 2.75) is 0 Å². The van der Waals surface area contributed by atoms with Gasteiger partial charge in [-0.1, -0.05) is 11.6 Å². The fourth-order valence-electron chi connectivity index (χ4n) is 2.04. The number of likely N-dealkylation sites (N-methyl/N-ethyl adjacent to an activating group) is 1. The highest BCUT2D eigenvalue weighted by Crippen LogP contribution is 2.29. The van der Waals surface area contributed by atoms with Gasteiger partial charge in [-0.15, -0.1) is 0 Å². The molecule has 10 heteroatoms. The van der Waals surface area contributed by atoms with Crippen LogP contribution in [0.5, 0.6) is 5.75 Å².